The SMILES string of the molecule is CCCCON1CC2(CCC(C(=O)OC)N2C(=O)OC(C)(C)C)C1=O. The number of likely N-dealkylation sites (tertiary alicyclic amines) is 1. The van der Waals surface area contributed by atoms with E-state index >= 15 is 0 Å². The van der Waals surface area contributed by atoms with Crippen molar-refractivity contribution in [3.05, 3.63) is 0 Å². The van der Waals surface area contributed by atoms with Gasteiger partial charge in [0, 0.05) is 0 Å². The highest BCUT2D eigenvalue weighted by Gasteiger charge is 2.65. The number of ether oxygens (including phenoxy) is 2. The van der Waals surface area contributed by atoms with Crippen LogP contribution in [0.25, 0.3) is 0 Å². The van der Waals surface area contributed by atoms with Crippen LogP contribution in [0, 0.1) is 0 Å². The Morgan fingerprint density at radius 3 is 2.52 bits per heavy atom. The quantitative estimate of drug-likeness (QED) is 0.425. The molecule has 2 amide bonds. The van der Waals surface area contributed by atoms with Crippen LogP contribution in [0.3, 0.4) is 0 Å². The van der Waals surface area contributed by atoms with Crippen molar-refractivity contribution in [3.8, 4) is 0 Å². The highest BCUT2D eigenvalue weighted by atomic mass is 16.7. The molecule has 8 nitrogen and oxygen atoms in total. The smallest absolute Gasteiger partial charge is 0.412 e. The van der Waals surface area contributed by atoms with Gasteiger partial charge in [0.1, 0.15) is 17.2 Å². The second-order valence-corrected chi connectivity index (χ2v) is 7.49. The zero-order chi connectivity index (χ0) is 18.8. The molecule has 0 N–H and O–H groups in total. The Morgan fingerprint density at radius 2 is 2.00 bits per heavy atom. The molecule has 8 heteroatoms. The standard InChI is InChI=1S/C17H28N2O6/c1-6-7-10-24-18-11-17(14(18)21)9-8-12(13(20)23-5)19(17)15(22)25-16(2,3)4/h12H,6-11H2,1-5H3. The van der Waals surface area contributed by atoms with Crippen LogP contribution in [0.1, 0.15) is 53.4 Å². The molecular weight excluding hydrogens is 328 g/mol. The fourth-order valence-electron chi connectivity index (χ4n) is 3.20. The maximum atomic E-state index is 12.7. The first kappa shape index (κ1) is 19.5. The predicted octanol–water partition coefficient (Wildman–Crippen LogP) is 1.87. The predicted molar refractivity (Wildman–Crippen MR) is 88.4 cm³/mol. The largest absolute Gasteiger partial charge is 0.467 e. The van der Waals surface area contributed by atoms with Crippen LogP contribution in [0.5, 0.6) is 0 Å². The van der Waals surface area contributed by atoms with Gasteiger partial charge < -0.3 is 9.47 Å². The Balaban J connectivity index is 2.18. The molecule has 1 spiro atoms. The second-order valence-electron chi connectivity index (χ2n) is 7.49. The normalized spacial score (nSPS) is 26.0. The lowest BCUT2D eigenvalue weighted by Crippen LogP contribution is -2.74. The van der Waals surface area contributed by atoms with E-state index in [1.165, 1.54) is 17.1 Å². The van der Waals surface area contributed by atoms with Crippen molar-refractivity contribution in [3.63, 3.8) is 0 Å². The Kier molecular flexibility index (Phi) is 5.61. The van der Waals surface area contributed by atoms with E-state index in [-0.39, 0.29) is 12.5 Å². The van der Waals surface area contributed by atoms with E-state index in [0.717, 1.165) is 12.8 Å². The average Bonchev–Trinajstić information content (AvgIpc) is 2.94. The van der Waals surface area contributed by atoms with Crippen molar-refractivity contribution in [2.24, 2.45) is 0 Å². The van der Waals surface area contributed by atoms with Crippen molar-refractivity contribution in [1.29, 1.82) is 0 Å². The van der Waals surface area contributed by atoms with Crippen LogP contribution in [0.2, 0.25) is 0 Å². The molecule has 2 aliphatic heterocycles. The van der Waals surface area contributed by atoms with Gasteiger partial charge in [-0.15, -0.1) is 0 Å². The van der Waals surface area contributed by atoms with Gasteiger partial charge >= 0.3 is 12.1 Å². The summed E-state index contributed by atoms with van der Waals surface area (Å²) in [7, 11) is 1.27. The third-order valence-electron chi connectivity index (χ3n) is 4.44. The number of methoxy groups -OCH3 is 1. The lowest BCUT2D eigenvalue weighted by atomic mass is 9.88. The molecule has 25 heavy (non-hydrogen) atoms. The van der Waals surface area contributed by atoms with E-state index in [1.54, 1.807) is 20.8 Å². The van der Waals surface area contributed by atoms with Crippen molar-refractivity contribution in [1.82, 2.24) is 9.96 Å². The summed E-state index contributed by atoms with van der Waals surface area (Å²) in [5, 5.41) is 1.27. The molecule has 2 unspecified atom stereocenters. The number of rotatable bonds is 5. The summed E-state index contributed by atoms with van der Waals surface area (Å²) >= 11 is 0. The third kappa shape index (κ3) is 3.73. The van der Waals surface area contributed by atoms with Crippen LogP contribution in [-0.2, 0) is 23.9 Å². The fourth-order valence-corrected chi connectivity index (χ4v) is 3.20. The van der Waals surface area contributed by atoms with Crippen LogP contribution in [0.15, 0.2) is 0 Å². The van der Waals surface area contributed by atoms with Gasteiger partial charge in [-0.1, -0.05) is 13.3 Å². The van der Waals surface area contributed by atoms with E-state index in [4.69, 9.17) is 14.3 Å². The van der Waals surface area contributed by atoms with Gasteiger partial charge in [0.15, 0.2) is 0 Å². The van der Waals surface area contributed by atoms with Crippen molar-refractivity contribution in [2.75, 3.05) is 20.3 Å². The number of nitrogens with zero attached hydrogens (tertiary/aromatic N) is 2. The zero-order valence-electron chi connectivity index (χ0n) is 15.7. The summed E-state index contributed by atoms with van der Waals surface area (Å²) in [6.07, 6.45) is 1.87. The van der Waals surface area contributed by atoms with E-state index in [9.17, 15) is 14.4 Å². The number of hydrogen-bond acceptors (Lipinski definition) is 6. The number of esters is 1. The lowest BCUT2D eigenvalue weighted by molar-refractivity contribution is -0.237. The summed E-state index contributed by atoms with van der Waals surface area (Å²) in [4.78, 5) is 44.2. The van der Waals surface area contributed by atoms with Gasteiger partial charge in [-0.3, -0.25) is 14.5 Å². The molecular formula is C17H28N2O6. The average molecular weight is 356 g/mol. The first-order valence-corrected chi connectivity index (χ1v) is 8.71. The van der Waals surface area contributed by atoms with Gasteiger partial charge in [-0.25, -0.2) is 14.7 Å². The third-order valence-corrected chi connectivity index (χ3v) is 4.44. The van der Waals surface area contributed by atoms with Gasteiger partial charge in [0.2, 0.25) is 0 Å². The van der Waals surface area contributed by atoms with Crippen molar-refractivity contribution >= 4 is 18.0 Å². The number of hydrogen-bond donors (Lipinski definition) is 0. The summed E-state index contributed by atoms with van der Waals surface area (Å²) in [5.74, 6) is -0.846. The van der Waals surface area contributed by atoms with E-state index < -0.39 is 29.2 Å². The molecule has 2 rings (SSSR count). The molecule has 2 aliphatic rings. The van der Waals surface area contributed by atoms with Crippen LogP contribution in [0.4, 0.5) is 4.79 Å². The maximum Gasteiger partial charge on any atom is 0.412 e. The molecule has 0 saturated carbocycles. The Hall–Kier alpha value is -1.83. The minimum atomic E-state index is -1.08. The molecule has 0 aromatic heterocycles. The van der Waals surface area contributed by atoms with Crippen LogP contribution in [-0.4, -0.2) is 65.4 Å². The lowest BCUT2D eigenvalue weighted by Gasteiger charge is -2.50. The van der Waals surface area contributed by atoms with Gasteiger partial charge in [-0.2, -0.15) is 0 Å². The molecule has 0 bridgehead atoms. The van der Waals surface area contributed by atoms with Gasteiger partial charge in [-0.05, 0) is 40.0 Å². The number of hydroxylamine groups is 2. The Morgan fingerprint density at radius 1 is 1.32 bits per heavy atom. The number of unbranched alkanes of at least 4 members (excludes halogenated alkanes) is 1. The summed E-state index contributed by atoms with van der Waals surface area (Å²) in [5.41, 5.74) is -1.81. The zero-order valence-corrected chi connectivity index (χ0v) is 15.7. The topological polar surface area (TPSA) is 85.4 Å². The number of carbonyl (C=O) groups excluding carboxylic acids is 3. The molecule has 0 aromatic carbocycles. The van der Waals surface area contributed by atoms with Crippen molar-refractivity contribution in [2.45, 2.75) is 70.6 Å². The van der Waals surface area contributed by atoms with Crippen molar-refractivity contribution < 1.29 is 28.7 Å². The molecule has 142 valence electrons. The first-order valence-electron chi connectivity index (χ1n) is 8.71. The Bertz CT molecular complexity index is 544. The molecule has 0 aromatic rings. The van der Waals surface area contributed by atoms with E-state index in [0.29, 0.717) is 19.4 Å². The molecule has 0 radical (unpaired) electrons. The molecule has 2 saturated heterocycles. The van der Waals surface area contributed by atoms with Crippen LogP contribution >= 0.6 is 0 Å². The Labute approximate surface area is 148 Å². The van der Waals surface area contributed by atoms with Gasteiger partial charge in [0.05, 0.1) is 20.3 Å². The minimum Gasteiger partial charge on any atom is -0.467 e. The fraction of sp³-hybridized carbons (Fsp3) is 0.824. The first-order chi connectivity index (χ1) is 11.7. The summed E-state index contributed by atoms with van der Waals surface area (Å²) < 4.78 is 10.2. The highest BCUT2D eigenvalue weighted by Crippen LogP contribution is 2.43. The summed E-state index contributed by atoms with van der Waals surface area (Å²) in [6, 6.07) is -0.818. The maximum absolute atomic E-state index is 12.7. The number of carbonyl (C=O) groups is 3. The molecule has 2 atom stereocenters. The molecule has 0 aliphatic carbocycles. The van der Waals surface area contributed by atoms with Crippen LogP contribution < -0.4 is 0 Å². The number of amides is 2. The summed E-state index contributed by atoms with van der Waals surface area (Å²) in [6.45, 7) is 7.94. The van der Waals surface area contributed by atoms with Gasteiger partial charge in [0.25, 0.3) is 5.91 Å². The van der Waals surface area contributed by atoms with E-state index in [1.807, 2.05) is 6.92 Å². The minimum absolute atomic E-state index is 0.238. The molecule has 2 fully saturated rings. The monoisotopic (exact) mass is 356 g/mol. The number of β-lactam (4-membered cyclic amide) rings is 1. The van der Waals surface area contributed by atoms with E-state index in [2.05, 4.69) is 0 Å². The second kappa shape index (κ2) is 7.19. The highest BCUT2D eigenvalue weighted by molar-refractivity contribution is 5.97. The molecule has 2 heterocycles.